The summed E-state index contributed by atoms with van der Waals surface area (Å²) >= 11 is 0.100. The second kappa shape index (κ2) is 8.60. The van der Waals surface area contributed by atoms with Crippen LogP contribution in [-0.4, -0.2) is 0 Å². The van der Waals surface area contributed by atoms with Gasteiger partial charge >= 0.3 is 51.6 Å². The normalized spacial score (nSPS) is 8.12. The van der Waals surface area contributed by atoms with Crippen LogP contribution in [0.2, 0.25) is 0 Å². The Morgan fingerprint density at radius 3 is 1.12 bits per heavy atom. The first-order valence-corrected chi connectivity index (χ1v) is 3.59. The van der Waals surface area contributed by atoms with Gasteiger partial charge in [-0.15, -0.1) is 0 Å². The Hall–Kier alpha value is 1.60. The molecule has 0 atom stereocenters. The van der Waals surface area contributed by atoms with Gasteiger partial charge in [-0.1, -0.05) is 0 Å². The second-order valence-corrected chi connectivity index (χ2v) is 1.34. The van der Waals surface area contributed by atoms with E-state index in [1.807, 2.05) is 0 Å². The van der Waals surface area contributed by atoms with Crippen molar-refractivity contribution in [1.82, 2.24) is 0 Å². The van der Waals surface area contributed by atoms with Gasteiger partial charge in [0.15, 0.2) is 0 Å². The van der Waals surface area contributed by atoms with E-state index >= 15 is 0 Å². The van der Waals surface area contributed by atoms with Gasteiger partial charge in [0.05, 0.1) is 0 Å². The van der Waals surface area contributed by atoms with Gasteiger partial charge in [-0.3, -0.25) is 0 Å². The van der Waals surface area contributed by atoms with Crippen LogP contribution >= 0.6 is 7.82 Å². The monoisotopic (exact) mass is 251 g/mol. The Bertz CT molecular complexity index is 68.2. The molecule has 0 aromatic rings. The molecule has 0 spiro atoms. The number of hydrogen-bond acceptors (Lipinski definition) is 5. The SMILES string of the molecule is O=P([O-])([O-])[O-].[O]=[Y].[V+3]. The van der Waals surface area contributed by atoms with E-state index in [4.69, 9.17) is 21.3 Å². The Kier molecular flexibility index (Phi) is 17.5. The van der Waals surface area contributed by atoms with Crippen molar-refractivity contribution >= 4 is 7.82 Å². The van der Waals surface area contributed by atoms with Crippen LogP contribution in [0.15, 0.2) is 0 Å². The third-order valence-electron chi connectivity index (χ3n) is 0. The minimum absolute atomic E-state index is 0. The predicted molar refractivity (Wildman–Crippen MR) is 8.29 cm³/mol. The van der Waals surface area contributed by atoms with Crippen molar-refractivity contribution in [3.63, 3.8) is 0 Å². The molecule has 0 unspecified atom stereocenters. The minimum atomic E-state index is -5.39. The maximum absolute atomic E-state index is 8.55. The maximum atomic E-state index is 8.55. The van der Waals surface area contributed by atoms with Crippen LogP contribution in [-0.2, 0) is 56.2 Å². The molecule has 0 bridgehead atoms. The van der Waals surface area contributed by atoms with Crippen LogP contribution in [0.3, 0.4) is 0 Å². The van der Waals surface area contributed by atoms with Gasteiger partial charge in [-0.2, -0.15) is 7.82 Å². The zero-order valence-corrected chi connectivity index (χ0v) is 8.64. The first-order chi connectivity index (χ1) is 3.00. The Morgan fingerprint density at radius 2 is 1.12 bits per heavy atom. The van der Waals surface area contributed by atoms with Crippen LogP contribution in [0.1, 0.15) is 0 Å². The molecule has 0 saturated heterocycles. The molecule has 0 rings (SSSR count). The van der Waals surface area contributed by atoms with Crippen molar-refractivity contribution in [2.75, 3.05) is 0 Å². The van der Waals surface area contributed by atoms with Gasteiger partial charge in [-0.05, 0) is 0 Å². The summed E-state index contributed by atoms with van der Waals surface area (Å²) in [5, 5.41) is 0. The average Bonchev–Trinajstić information content (AvgIpc) is 1.36. The van der Waals surface area contributed by atoms with Gasteiger partial charge in [-0.25, -0.2) is 0 Å². The molecule has 43 valence electrons. The van der Waals surface area contributed by atoms with Crippen LogP contribution in [0.4, 0.5) is 0 Å². The Labute approximate surface area is 78.0 Å². The van der Waals surface area contributed by atoms with E-state index in [-0.39, 0.29) is 49.6 Å². The summed E-state index contributed by atoms with van der Waals surface area (Å²) in [6.07, 6.45) is 0. The summed E-state index contributed by atoms with van der Waals surface area (Å²) in [6.45, 7) is 0. The van der Waals surface area contributed by atoms with E-state index in [9.17, 15) is 0 Å². The summed E-state index contributed by atoms with van der Waals surface area (Å²) in [7, 11) is -5.39. The third-order valence-corrected chi connectivity index (χ3v) is 0. The standard InChI is InChI=1S/H3O4P.O.V.Y/c1-5(2,3)4;;;/h(H3,1,2,3,4);;;/q;;+3;/p-3. The van der Waals surface area contributed by atoms with Crippen molar-refractivity contribution in [3.8, 4) is 0 Å². The van der Waals surface area contributed by atoms with Gasteiger partial charge < -0.3 is 19.2 Å². The molecule has 0 amide bonds. The van der Waals surface area contributed by atoms with E-state index in [0.29, 0.717) is 0 Å². The van der Waals surface area contributed by atoms with E-state index in [1.54, 1.807) is 0 Å². The average molecular weight is 251 g/mol. The Balaban J connectivity index is -0.0000000750. The molecule has 8 heavy (non-hydrogen) atoms. The molecule has 0 saturated carbocycles. The zero-order valence-electron chi connectivity index (χ0n) is 3.51. The molecule has 0 aromatic heterocycles. The van der Waals surface area contributed by atoms with E-state index in [1.165, 1.54) is 0 Å². The van der Waals surface area contributed by atoms with Crippen molar-refractivity contribution in [1.29, 1.82) is 0 Å². The van der Waals surface area contributed by atoms with Crippen molar-refractivity contribution in [2.45, 2.75) is 0 Å². The smallest absolute Gasteiger partial charge is 3.00 e. The molecule has 0 N–H and O–H groups in total. The fourth-order valence-electron chi connectivity index (χ4n) is 0. The molecular formula is O5PVY. The molecule has 0 aliphatic rings. The number of hydrogen-bond donors (Lipinski definition) is 0. The van der Waals surface area contributed by atoms with Gasteiger partial charge in [0.2, 0.25) is 0 Å². The third kappa shape index (κ3) is 129. The van der Waals surface area contributed by atoms with Crippen LogP contribution in [0.25, 0.3) is 0 Å². The largest absolute Gasteiger partial charge is 3.00 e. The zero-order chi connectivity index (χ0) is 6.50. The summed E-state index contributed by atoms with van der Waals surface area (Å²) in [5.41, 5.74) is 0. The van der Waals surface area contributed by atoms with Gasteiger partial charge in [0.1, 0.15) is 0 Å². The van der Waals surface area contributed by atoms with E-state index in [0.717, 1.165) is 0 Å². The van der Waals surface area contributed by atoms with Crippen LogP contribution in [0.5, 0.6) is 0 Å². The molecule has 0 aliphatic heterocycles. The summed E-state index contributed by atoms with van der Waals surface area (Å²) in [6, 6.07) is 0. The summed E-state index contributed by atoms with van der Waals surface area (Å²) in [4.78, 5) is 25.6. The first-order valence-electron chi connectivity index (χ1n) is 0.966. The van der Waals surface area contributed by atoms with Gasteiger partial charge in [0, 0.05) is 0 Å². The molecule has 5 nitrogen and oxygen atoms in total. The fraction of sp³-hybridized carbons (Fsp3) is 0. The molecule has 0 heterocycles. The molecule has 8 heteroatoms. The van der Waals surface area contributed by atoms with E-state index < -0.39 is 7.82 Å². The van der Waals surface area contributed by atoms with Crippen molar-refractivity contribution < 1.29 is 70.9 Å². The molecule has 0 fully saturated rings. The quantitative estimate of drug-likeness (QED) is 0.428. The Morgan fingerprint density at radius 1 is 1.12 bits per heavy atom. The minimum Gasteiger partial charge on any atom is 3.00 e. The maximum Gasteiger partial charge on any atom is 3.00 e. The van der Waals surface area contributed by atoms with Crippen molar-refractivity contribution in [2.24, 2.45) is 0 Å². The summed E-state index contributed by atoms with van der Waals surface area (Å²) in [5.74, 6) is 0. The summed E-state index contributed by atoms with van der Waals surface area (Å²) < 4.78 is 16.9. The first kappa shape index (κ1) is 16.3. The topological polar surface area (TPSA) is 103 Å². The molecular weight excluding hydrogens is 251 g/mol. The molecule has 0 radical (unpaired) electrons. The van der Waals surface area contributed by atoms with Crippen LogP contribution in [0, 0.1) is 0 Å². The molecule has 0 aliphatic carbocycles. The number of rotatable bonds is 0. The van der Waals surface area contributed by atoms with E-state index in [2.05, 4.69) is 0 Å². The van der Waals surface area contributed by atoms with Gasteiger partial charge in [0.25, 0.3) is 0 Å². The predicted octanol–water partition coefficient (Wildman–Crippen LogP) is -2.95. The van der Waals surface area contributed by atoms with Crippen molar-refractivity contribution in [3.05, 3.63) is 0 Å². The van der Waals surface area contributed by atoms with Crippen LogP contribution < -0.4 is 14.7 Å². The molecule has 0 aromatic carbocycles. The number of phosphoric acid groups is 1. The second-order valence-electron chi connectivity index (χ2n) is 0.447. The fourth-order valence-corrected chi connectivity index (χ4v) is 0.